The first kappa shape index (κ1) is 21.2. The van der Waals surface area contributed by atoms with Gasteiger partial charge in [-0.25, -0.2) is 13.2 Å². The van der Waals surface area contributed by atoms with Crippen molar-refractivity contribution in [3.05, 3.63) is 90.1 Å². The Morgan fingerprint density at radius 1 is 1.06 bits per heavy atom. The number of aromatic nitrogens is 3. The van der Waals surface area contributed by atoms with Crippen LogP contribution in [0.3, 0.4) is 0 Å². The van der Waals surface area contributed by atoms with E-state index in [9.17, 15) is 13.2 Å². The molecule has 9 nitrogen and oxygen atoms in total. The molecule has 0 amide bonds. The molecule has 10 heteroatoms. The molecule has 0 atom stereocenters. The molecular weight excluding hydrogens is 432 g/mol. The van der Waals surface area contributed by atoms with Crippen LogP contribution in [0.25, 0.3) is 11.4 Å². The third-order valence-corrected chi connectivity index (χ3v) is 5.82. The first-order valence-corrected chi connectivity index (χ1v) is 11.0. The van der Waals surface area contributed by atoms with E-state index in [2.05, 4.69) is 19.8 Å². The summed E-state index contributed by atoms with van der Waals surface area (Å²) in [4.78, 5) is 20.4. The Hall–Kier alpha value is -4.05. The van der Waals surface area contributed by atoms with Gasteiger partial charge in [0.25, 0.3) is 15.9 Å². The lowest BCUT2D eigenvalue weighted by molar-refractivity contribution is 0.0429. The molecule has 0 bridgehead atoms. The highest BCUT2D eigenvalue weighted by Gasteiger charge is 2.17. The minimum absolute atomic E-state index is 0.0210. The number of hydrogen-bond acceptors (Lipinski definition) is 8. The number of aryl methyl sites for hydroxylation is 1. The molecule has 4 aromatic rings. The van der Waals surface area contributed by atoms with Crippen molar-refractivity contribution in [1.82, 2.24) is 15.1 Å². The van der Waals surface area contributed by atoms with Crippen LogP contribution in [0.1, 0.15) is 21.8 Å². The second-order valence-corrected chi connectivity index (χ2v) is 8.51. The highest BCUT2D eigenvalue weighted by Crippen LogP contribution is 2.18. The van der Waals surface area contributed by atoms with Crippen LogP contribution in [0.4, 0.5) is 5.69 Å². The van der Waals surface area contributed by atoms with Gasteiger partial charge >= 0.3 is 5.97 Å². The molecule has 0 spiro atoms. The zero-order valence-electron chi connectivity index (χ0n) is 16.9. The fourth-order valence-corrected chi connectivity index (χ4v) is 3.80. The summed E-state index contributed by atoms with van der Waals surface area (Å²) in [6, 6.07) is 15.9. The normalized spacial score (nSPS) is 11.2. The van der Waals surface area contributed by atoms with Crippen molar-refractivity contribution >= 4 is 21.7 Å². The van der Waals surface area contributed by atoms with E-state index in [0.717, 1.165) is 5.56 Å². The molecule has 0 saturated carbocycles. The van der Waals surface area contributed by atoms with E-state index in [1.54, 1.807) is 48.8 Å². The minimum Gasteiger partial charge on any atom is -0.452 e. The number of nitrogens with zero attached hydrogens (tertiary/aromatic N) is 3. The molecule has 2 aromatic heterocycles. The van der Waals surface area contributed by atoms with Gasteiger partial charge in [-0.2, -0.15) is 4.98 Å². The standard InChI is InChI=1S/C22H18N4O5S/c1-15-4-8-18(9-5-15)26-32(28,29)19-10-6-16(7-11-19)22(27)30-14-20-24-21(25-31-20)17-3-2-12-23-13-17/h2-13,26H,14H2,1H3. The molecular formula is C22H18N4O5S. The van der Waals surface area contributed by atoms with Gasteiger partial charge in [0.05, 0.1) is 10.5 Å². The number of sulfonamides is 1. The highest BCUT2D eigenvalue weighted by molar-refractivity contribution is 7.92. The summed E-state index contributed by atoms with van der Waals surface area (Å²) in [6.45, 7) is 1.69. The molecule has 0 radical (unpaired) electrons. The van der Waals surface area contributed by atoms with Gasteiger partial charge in [-0.3, -0.25) is 9.71 Å². The predicted octanol–water partition coefficient (Wildman–Crippen LogP) is 3.60. The summed E-state index contributed by atoms with van der Waals surface area (Å²) in [7, 11) is -3.79. The highest BCUT2D eigenvalue weighted by atomic mass is 32.2. The lowest BCUT2D eigenvalue weighted by Gasteiger charge is -2.09. The van der Waals surface area contributed by atoms with Crippen molar-refractivity contribution < 1.29 is 22.5 Å². The molecule has 0 aliphatic heterocycles. The van der Waals surface area contributed by atoms with Gasteiger partial charge in [0.15, 0.2) is 6.61 Å². The van der Waals surface area contributed by atoms with Gasteiger partial charge in [-0.05, 0) is 55.5 Å². The van der Waals surface area contributed by atoms with Crippen LogP contribution in [0.5, 0.6) is 0 Å². The minimum atomic E-state index is -3.79. The SMILES string of the molecule is Cc1ccc(NS(=O)(=O)c2ccc(C(=O)OCc3nc(-c4cccnc4)no3)cc2)cc1. The zero-order chi connectivity index (χ0) is 22.6. The number of carbonyl (C=O) groups excluding carboxylic acids is 1. The van der Waals surface area contributed by atoms with Crippen LogP contribution < -0.4 is 4.72 Å². The zero-order valence-corrected chi connectivity index (χ0v) is 17.7. The molecule has 0 fully saturated rings. The Morgan fingerprint density at radius 2 is 1.81 bits per heavy atom. The van der Waals surface area contributed by atoms with Crippen molar-refractivity contribution in [3.63, 3.8) is 0 Å². The molecule has 162 valence electrons. The molecule has 1 N–H and O–H groups in total. The summed E-state index contributed by atoms with van der Waals surface area (Å²) < 4.78 is 37.8. The maximum Gasteiger partial charge on any atom is 0.338 e. The Labute approximate surface area is 184 Å². The van der Waals surface area contributed by atoms with E-state index >= 15 is 0 Å². The van der Waals surface area contributed by atoms with Crippen molar-refractivity contribution in [1.29, 1.82) is 0 Å². The lowest BCUT2D eigenvalue weighted by atomic mass is 10.2. The van der Waals surface area contributed by atoms with Crippen molar-refractivity contribution in [2.24, 2.45) is 0 Å². The van der Waals surface area contributed by atoms with Crippen LogP contribution in [0, 0.1) is 6.92 Å². The summed E-state index contributed by atoms with van der Waals surface area (Å²) in [5.41, 5.74) is 2.32. The van der Waals surface area contributed by atoms with Crippen LogP contribution in [0.15, 0.2) is 82.5 Å². The number of benzene rings is 2. The monoisotopic (exact) mass is 450 g/mol. The Balaban J connectivity index is 1.38. The molecule has 0 unspecified atom stereocenters. The number of pyridine rings is 1. The number of rotatable bonds is 7. The van der Waals surface area contributed by atoms with Crippen LogP contribution in [0.2, 0.25) is 0 Å². The average Bonchev–Trinajstić information content (AvgIpc) is 3.29. The predicted molar refractivity (Wildman–Crippen MR) is 115 cm³/mol. The summed E-state index contributed by atoms with van der Waals surface area (Å²) in [6.07, 6.45) is 3.21. The summed E-state index contributed by atoms with van der Waals surface area (Å²) >= 11 is 0. The second-order valence-electron chi connectivity index (χ2n) is 6.83. The fourth-order valence-electron chi connectivity index (χ4n) is 2.74. The number of hydrogen-bond donors (Lipinski definition) is 1. The first-order valence-electron chi connectivity index (χ1n) is 9.50. The van der Waals surface area contributed by atoms with Crippen molar-refractivity contribution in [2.75, 3.05) is 4.72 Å². The van der Waals surface area contributed by atoms with Crippen LogP contribution >= 0.6 is 0 Å². The van der Waals surface area contributed by atoms with Crippen LogP contribution in [-0.2, 0) is 21.4 Å². The van der Waals surface area contributed by atoms with E-state index in [-0.39, 0.29) is 23.0 Å². The number of esters is 1. The first-order chi connectivity index (χ1) is 15.4. The number of carbonyl (C=O) groups is 1. The number of anilines is 1. The van der Waals surface area contributed by atoms with Crippen LogP contribution in [-0.4, -0.2) is 29.5 Å². The second kappa shape index (κ2) is 8.98. The molecule has 32 heavy (non-hydrogen) atoms. The van der Waals surface area contributed by atoms with Gasteiger partial charge in [0.2, 0.25) is 5.82 Å². The third kappa shape index (κ3) is 4.98. The van der Waals surface area contributed by atoms with Gasteiger partial charge in [-0.15, -0.1) is 0 Å². The van der Waals surface area contributed by atoms with E-state index < -0.39 is 16.0 Å². The Bertz CT molecular complexity index is 1320. The van der Waals surface area contributed by atoms with E-state index in [0.29, 0.717) is 17.1 Å². The molecule has 2 heterocycles. The molecule has 0 saturated heterocycles. The van der Waals surface area contributed by atoms with Gasteiger partial charge < -0.3 is 9.26 Å². The quantitative estimate of drug-likeness (QED) is 0.424. The van der Waals surface area contributed by atoms with Crippen molar-refractivity contribution in [2.45, 2.75) is 18.4 Å². The van der Waals surface area contributed by atoms with E-state index in [1.165, 1.54) is 24.3 Å². The number of ether oxygens (including phenoxy) is 1. The largest absolute Gasteiger partial charge is 0.452 e. The summed E-state index contributed by atoms with van der Waals surface area (Å²) in [5.74, 6) is -0.194. The number of nitrogens with one attached hydrogen (secondary N) is 1. The maximum atomic E-state index is 12.5. The van der Waals surface area contributed by atoms with Crippen molar-refractivity contribution in [3.8, 4) is 11.4 Å². The molecule has 2 aromatic carbocycles. The third-order valence-electron chi connectivity index (χ3n) is 4.42. The van der Waals surface area contributed by atoms with E-state index in [1.807, 2.05) is 6.92 Å². The van der Waals surface area contributed by atoms with Gasteiger partial charge in [0.1, 0.15) is 0 Å². The van der Waals surface area contributed by atoms with Gasteiger partial charge in [-0.1, -0.05) is 22.9 Å². The molecule has 4 rings (SSSR count). The van der Waals surface area contributed by atoms with Gasteiger partial charge in [0, 0.05) is 23.6 Å². The maximum absolute atomic E-state index is 12.5. The average molecular weight is 450 g/mol. The molecule has 0 aliphatic carbocycles. The molecule has 0 aliphatic rings. The lowest BCUT2D eigenvalue weighted by Crippen LogP contribution is -2.13. The smallest absolute Gasteiger partial charge is 0.338 e. The fraction of sp³-hybridized carbons (Fsp3) is 0.0909. The Morgan fingerprint density at radius 3 is 2.50 bits per heavy atom. The Kier molecular flexibility index (Phi) is 5.95. The topological polar surface area (TPSA) is 124 Å². The summed E-state index contributed by atoms with van der Waals surface area (Å²) in [5, 5.41) is 3.82. The van der Waals surface area contributed by atoms with E-state index in [4.69, 9.17) is 9.26 Å².